The van der Waals surface area contributed by atoms with Crippen LogP contribution in [0.2, 0.25) is 0 Å². The number of aromatic nitrogens is 2. The van der Waals surface area contributed by atoms with Crippen molar-refractivity contribution in [1.82, 2.24) is 14.9 Å². The van der Waals surface area contributed by atoms with Crippen molar-refractivity contribution in [2.75, 3.05) is 0 Å². The van der Waals surface area contributed by atoms with E-state index in [1.54, 1.807) is 49.5 Å². The van der Waals surface area contributed by atoms with Gasteiger partial charge in [-0.2, -0.15) is 8.78 Å². The van der Waals surface area contributed by atoms with Crippen LogP contribution in [0.4, 0.5) is 8.78 Å². The van der Waals surface area contributed by atoms with Crippen LogP contribution in [0.3, 0.4) is 0 Å². The summed E-state index contributed by atoms with van der Waals surface area (Å²) < 4.78 is 27.5. The van der Waals surface area contributed by atoms with Gasteiger partial charge in [0.1, 0.15) is 0 Å². The van der Waals surface area contributed by atoms with Crippen LogP contribution in [0.25, 0.3) is 17.2 Å². The van der Waals surface area contributed by atoms with E-state index in [1.165, 1.54) is 0 Å². The lowest BCUT2D eigenvalue weighted by Gasteiger charge is -2.19. The lowest BCUT2D eigenvalue weighted by molar-refractivity contribution is -0.138. The summed E-state index contributed by atoms with van der Waals surface area (Å²) >= 11 is 0. The molecule has 6 heteroatoms. The third kappa shape index (κ3) is 5.96. The second-order valence-electron chi connectivity index (χ2n) is 7.70. The molecule has 172 valence electrons. The van der Waals surface area contributed by atoms with Gasteiger partial charge in [0.25, 0.3) is 0 Å². The molecule has 1 aromatic carbocycles. The number of carbonyl (C=O) groups is 1. The largest absolute Gasteiger partial charge is 0.365 e. The number of carbonyl (C=O) groups excluding carboxylic acids is 1. The molecule has 3 rings (SSSR count). The number of benzene rings is 1. The number of hydrogen-bond acceptors (Lipinski definition) is 2. The first kappa shape index (κ1) is 24.4. The van der Waals surface area contributed by atoms with Gasteiger partial charge in [0.2, 0.25) is 5.91 Å². The van der Waals surface area contributed by atoms with Crippen molar-refractivity contribution in [3.63, 3.8) is 0 Å². The summed E-state index contributed by atoms with van der Waals surface area (Å²) in [6.07, 6.45) is 13.5. The molecule has 0 atom stereocenters. The van der Waals surface area contributed by atoms with Crippen LogP contribution in [0.1, 0.15) is 40.6 Å². The number of nitrogens with zero attached hydrogens (tertiary/aromatic N) is 2. The number of pyridine rings is 1. The minimum absolute atomic E-state index is 0.198. The van der Waals surface area contributed by atoms with Crippen LogP contribution in [0, 0.1) is 19.3 Å². The number of aromatic amines is 1. The molecule has 0 aliphatic heterocycles. The molecule has 0 radical (unpaired) electrons. The van der Waals surface area contributed by atoms with E-state index in [1.807, 2.05) is 31.3 Å². The zero-order valence-corrected chi connectivity index (χ0v) is 19.1. The molecule has 34 heavy (non-hydrogen) atoms. The number of halogens is 2. The Hall–Kier alpha value is -4.24. The summed E-state index contributed by atoms with van der Waals surface area (Å²) in [6.45, 7) is 4.50. The Morgan fingerprint density at radius 2 is 2.09 bits per heavy atom. The molecule has 0 aliphatic carbocycles. The van der Waals surface area contributed by atoms with Crippen LogP contribution in [-0.2, 0) is 11.2 Å². The molecule has 0 spiro atoms. The van der Waals surface area contributed by atoms with Crippen molar-refractivity contribution >= 4 is 23.1 Å². The zero-order chi connectivity index (χ0) is 24.7. The number of aryl methyl sites for hydroxylation is 1. The van der Waals surface area contributed by atoms with E-state index in [4.69, 9.17) is 6.42 Å². The van der Waals surface area contributed by atoms with Gasteiger partial charge in [-0.15, -0.1) is 6.42 Å². The zero-order valence-electron chi connectivity index (χ0n) is 19.1. The number of hydrogen-bond donors (Lipinski definition) is 1. The van der Waals surface area contributed by atoms with Gasteiger partial charge < -0.3 is 4.98 Å². The number of nitrogens with one attached hydrogen (secondary N) is 1. The van der Waals surface area contributed by atoms with Crippen molar-refractivity contribution in [3.8, 4) is 12.3 Å². The van der Waals surface area contributed by atoms with Crippen LogP contribution >= 0.6 is 0 Å². The minimum atomic E-state index is -3.00. The molecule has 0 unspecified atom stereocenters. The van der Waals surface area contributed by atoms with Crippen molar-refractivity contribution in [3.05, 3.63) is 107 Å². The Morgan fingerprint density at radius 1 is 1.29 bits per heavy atom. The predicted octanol–water partition coefficient (Wildman–Crippen LogP) is 6.08. The fraction of sp³-hybridized carbons (Fsp3) is 0.143. The van der Waals surface area contributed by atoms with E-state index in [0.717, 1.165) is 28.6 Å². The van der Waals surface area contributed by atoms with Crippen molar-refractivity contribution in [2.45, 2.75) is 26.8 Å². The Bertz CT molecular complexity index is 1290. The first-order chi connectivity index (χ1) is 16.3. The van der Waals surface area contributed by atoms with E-state index in [0.29, 0.717) is 27.3 Å². The molecule has 0 bridgehead atoms. The Kier molecular flexibility index (Phi) is 7.94. The first-order valence-corrected chi connectivity index (χ1v) is 10.6. The maximum atomic E-state index is 13.8. The van der Waals surface area contributed by atoms with Crippen LogP contribution in [0.5, 0.6) is 0 Å². The number of amides is 1. The van der Waals surface area contributed by atoms with Gasteiger partial charge in [-0.1, -0.05) is 30.7 Å². The van der Waals surface area contributed by atoms with Crippen molar-refractivity contribution < 1.29 is 13.6 Å². The van der Waals surface area contributed by atoms with Gasteiger partial charge in [-0.05, 0) is 78.1 Å². The summed E-state index contributed by atoms with van der Waals surface area (Å²) in [6, 6.07) is 12.3. The van der Waals surface area contributed by atoms with Crippen molar-refractivity contribution in [2.24, 2.45) is 0 Å². The highest BCUT2D eigenvalue weighted by Gasteiger charge is 2.21. The topological polar surface area (TPSA) is 49.0 Å². The normalized spacial score (nSPS) is 11.9. The molecular weight excluding hydrogens is 432 g/mol. The average Bonchev–Trinajstić information content (AvgIpc) is 3.24. The van der Waals surface area contributed by atoms with E-state index < -0.39 is 12.5 Å². The monoisotopic (exact) mass is 457 g/mol. The van der Waals surface area contributed by atoms with Crippen LogP contribution in [-0.4, -0.2) is 27.3 Å². The fourth-order valence-corrected chi connectivity index (χ4v) is 3.42. The smallest absolute Gasteiger partial charge is 0.321 e. The average molecular weight is 458 g/mol. The SMILES string of the molecule is C#Cc1cccc(CC(=O)N(/C=C(\C)c2cc(/C(C=C)=C/c3cc[nH]c3C)ccn2)C(F)F)c1. The molecule has 4 nitrogen and oxygen atoms in total. The van der Waals surface area contributed by atoms with E-state index in [9.17, 15) is 13.6 Å². The lowest BCUT2D eigenvalue weighted by atomic mass is 10.0. The molecule has 2 heterocycles. The summed E-state index contributed by atoms with van der Waals surface area (Å²) in [4.78, 5) is 20.5. The summed E-state index contributed by atoms with van der Waals surface area (Å²) in [5, 5.41) is 0. The highest BCUT2D eigenvalue weighted by molar-refractivity contribution is 5.88. The van der Waals surface area contributed by atoms with Gasteiger partial charge in [0.15, 0.2) is 0 Å². The molecule has 0 aliphatic rings. The second kappa shape index (κ2) is 11.1. The van der Waals surface area contributed by atoms with Gasteiger partial charge >= 0.3 is 6.55 Å². The summed E-state index contributed by atoms with van der Waals surface area (Å²) in [7, 11) is 0. The van der Waals surface area contributed by atoms with Gasteiger partial charge in [-0.25, -0.2) is 0 Å². The minimum Gasteiger partial charge on any atom is -0.365 e. The molecule has 3 aromatic rings. The van der Waals surface area contributed by atoms with Crippen LogP contribution < -0.4 is 0 Å². The molecule has 0 saturated carbocycles. The number of terminal acetylenes is 1. The molecule has 0 fully saturated rings. The van der Waals surface area contributed by atoms with E-state index in [2.05, 4.69) is 22.5 Å². The number of H-pyrrole nitrogens is 1. The van der Waals surface area contributed by atoms with E-state index in [-0.39, 0.29) is 6.42 Å². The van der Waals surface area contributed by atoms with Crippen LogP contribution in [0.15, 0.2) is 73.7 Å². The molecule has 0 saturated heterocycles. The highest BCUT2D eigenvalue weighted by Crippen LogP contribution is 2.24. The highest BCUT2D eigenvalue weighted by atomic mass is 19.3. The maximum absolute atomic E-state index is 13.8. The predicted molar refractivity (Wildman–Crippen MR) is 132 cm³/mol. The lowest BCUT2D eigenvalue weighted by Crippen LogP contribution is -2.32. The number of allylic oxidation sites excluding steroid dienone is 3. The quantitative estimate of drug-likeness (QED) is 0.253. The summed E-state index contributed by atoms with van der Waals surface area (Å²) in [5.41, 5.74) is 5.77. The maximum Gasteiger partial charge on any atom is 0.321 e. The third-order valence-corrected chi connectivity index (χ3v) is 5.30. The van der Waals surface area contributed by atoms with Gasteiger partial charge in [0.05, 0.1) is 12.1 Å². The fourth-order valence-electron chi connectivity index (χ4n) is 3.42. The Morgan fingerprint density at radius 3 is 2.74 bits per heavy atom. The standard InChI is InChI=1S/C28H25F2N3O/c1-5-21-8-7-9-22(14-21)15-27(34)33(28(29)30)18-19(3)26-17-25(11-13-32-26)23(6-2)16-24-10-12-31-20(24)4/h1,6-14,16-18,28,31H,2,15H2,3-4H3/b19-18+,23-16+. The summed E-state index contributed by atoms with van der Waals surface area (Å²) in [5.74, 6) is 1.73. The molecule has 1 amide bonds. The Labute approximate surface area is 198 Å². The molecular formula is C28H25F2N3O. The number of rotatable bonds is 8. The third-order valence-electron chi connectivity index (χ3n) is 5.30. The Balaban J connectivity index is 1.87. The van der Waals surface area contributed by atoms with E-state index >= 15 is 0 Å². The van der Waals surface area contributed by atoms with Crippen molar-refractivity contribution in [1.29, 1.82) is 0 Å². The second-order valence-corrected chi connectivity index (χ2v) is 7.70. The molecule has 1 N–H and O–H groups in total. The number of alkyl halides is 2. The van der Waals surface area contributed by atoms with Gasteiger partial charge in [-0.3, -0.25) is 14.7 Å². The molecule has 2 aromatic heterocycles. The first-order valence-electron chi connectivity index (χ1n) is 10.6. The van der Waals surface area contributed by atoms with Gasteiger partial charge in [0, 0.05) is 29.9 Å².